The van der Waals surface area contributed by atoms with Gasteiger partial charge in [-0.3, -0.25) is 9.59 Å². The highest BCUT2D eigenvalue weighted by Crippen LogP contribution is 2.15. The maximum absolute atomic E-state index is 13.1. The highest BCUT2D eigenvalue weighted by atomic mass is 19.1. The Balaban J connectivity index is 2.06. The average molecular weight is 373 g/mol. The van der Waals surface area contributed by atoms with Crippen LogP contribution in [0.3, 0.4) is 0 Å². The van der Waals surface area contributed by atoms with E-state index >= 15 is 0 Å². The highest BCUT2D eigenvalue weighted by molar-refractivity contribution is 5.79. The van der Waals surface area contributed by atoms with E-state index in [-0.39, 0.29) is 37.1 Å². The van der Waals surface area contributed by atoms with E-state index in [1.165, 1.54) is 19.2 Å². The highest BCUT2D eigenvalue weighted by Gasteiger charge is 2.16. The number of hydrogen-bond donors (Lipinski definition) is 0. The van der Waals surface area contributed by atoms with Crippen LogP contribution in [0.25, 0.3) is 0 Å². The van der Waals surface area contributed by atoms with Crippen LogP contribution in [-0.2, 0) is 27.3 Å². The van der Waals surface area contributed by atoms with E-state index in [1.54, 1.807) is 17.0 Å². The quantitative estimate of drug-likeness (QED) is 0.633. The summed E-state index contributed by atoms with van der Waals surface area (Å²) >= 11 is 0. The van der Waals surface area contributed by atoms with E-state index < -0.39 is 0 Å². The summed E-state index contributed by atoms with van der Waals surface area (Å²) < 4.78 is 23.2. The smallest absolute Gasteiger partial charge is 0.307 e. The molecule has 5 nitrogen and oxygen atoms in total. The third-order valence-corrected chi connectivity index (χ3v) is 4.04. The Bertz CT molecular complexity index is 744. The van der Waals surface area contributed by atoms with E-state index in [2.05, 4.69) is 4.74 Å². The summed E-state index contributed by atoms with van der Waals surface area (Å²) in [5, 5.41) is 0. The molecule has 0 aliphatic rings. The minimum atomic E-state index is -0.382. The Morgan fingerprint density at radius 3 is 2.22 bits per heavy atom. The molecule has 0 aliphatic heterocycles. The zero-order valence-corrected chi connectivity index (χ0v) is 15.6. The lowest BCUT2D eigenvalue weighted by Gasteiger charge is -2.22. The van der Waals surface area contributed by atoms with Gasteiger partial charge in [-0.1, -0.05) is 24.3 Å². The molecular weight excluding hydrogens is 349 g/mol. The standard InChI is InChI=1S/C21H24FNO4/c1-3-27-19-10-6-16(7-11-19)14-20(24)23(13-12-21(25)26-2)15-17-4-8-18(22)9-5-17/h4-11H,3,12-15H2,1-2H3. The molecule has 0 saturated heterocycles. The molecular formula is C21H24FNO4. The summed E-state index contributed by atoms with van der Waals surface area (Å²) in [7, 11) is 1.31. The minimum absolute atomic E-state index is 0.104. The molecule has 27 heavy (non-hydrogen) atoms. The SMILES string of the molecule is CCOc1ccc(CC(=O)N(CCC(=O)OC)Cc2ccc(F)cc2)cc1. The summed E-state index contributed by atoms with van der Waals surface area (Å²) in [6.07, 6.45) is 0.307. The Morgan fingerprint density at radius 2 is 1.63 bits per heavy atom. The second-order valence-corrected chi connectivity index (χ2v) is 6.02. The van der Waals surface area contributed by atoms with Crippen molar-refractivity contribution >= 4 is 11.9 Å². The van der Waals surface area contributed by atoms with Crippen LogP contribution in [0.2, 0.25) is 0 Å². The number of hydrogen-bond acceptors (Lipinski definition) is 4. The van der Waals surface area contributed by atoms with Gasteiger partial charge in [0.05, 0.1) is 26.6 Å². The fraction of sp³-hybridized carbons (Fsp3) is 0.333. The van der Waals surface area contributed by atoms with Gasteiger partial charge in [-0.2, -0.15) is 0 Å². The molecule has 0 aromatic heterocycles. The number of halogens is 1. The van der Waals surface area contributed by atoms with Crippen LogP contribution < -0.4 is 4.74 Å². The molecule has 0 fully saturated rings. The molecule has 0 spiro atoms. The van der Waals surface area contributed by atoms with E-state index in [4.69, 9.17) is 4.74 Å². The van der Waals surface area contributed by atoms with Gasteiger partial charge in [0.15, 0.2) is 0 Å². The number of rotatable bonds is 9. The van der Waals surface area contributed by atoms with Crippen LogP contribution >= 0.6 is 0 Å². The van der Waals surface area contributed by atoms with Crippen molar-refractivity contribution in [2.75, 3.05) is 20.3 Å². The Hall–Kier alpha value is -2.89. The van der Waals surface area contributed by atoms with Crippen molar-refractivity contribution in [3.05, 3.63) is 65.5 Å². The lowest BCUT2D eigenvalue weighted by Crippen LogP contribution is -2.34. The fourth-order valence-corrected chi connectivity index (χ4v) is 2.59. The van der Waals surface area contributed by atoms with Crippen LogP contribution in [0, 0.1) is 5.82 Å². The number of esters is 1. The average Bonchev–Trinajstić information content (AvgIpc) is 2.68. The zero-order chi connectivity index (χ0) is 19.6. The van der Waals surface area contributed by atoms with Gasteiger partial charge < -0.3 is 14.4 Å². The molecule has 144 valence electrons. The number of carbonyl (C=O) groups is 2. The number of methoxy groups -OCH3 is 1. The van der Waals surface area contributed by atoms with Gasteiger partial charge >= 0.3 is 5.97 Å². The first-order valence-corrected chi connectivity index (χ1v) is 8.82. The van der Waals surface area contributed by atoms with Gasteiger partial charge in [0.2, 0.25) is 5.91 Å². The Labute approximate surface area is 158 Å². The van der Waals surface area contributed by atoms with Gasteiger partial charge in [0.1, 0.15) is 11.6 Å². The van der Waals surface area contributed by atoms with Gasteiger partial charge in [-0.05, 0) is 42.3 Å². The monoisotopic (exact) mass is 373 g/mol. The van der Waals surface area contributed by atoms with Crippen molar-refractivity contribution in [3.8, 4) is 5.75 Å². The second-order valence-electron chi connectivity index (χ2n) is 6.02. The topological polar surface area (TPSA) is 55.8 Å². The number of benzene rings is 2. The Morgan fingerprint density at radius 1 is 1.00 bits per heavy atom. The summed E-state index contributed by atoms with van der Waals surface area (Å²) in [4.78, 5) is 25.8. The van der Waals surface area contributed by atoms with E-state index in [0.29, 0.717) is 13.2 Å². The summed E-state index contributed by atoms with van der Waals surface area (Å²) in [5.74, 6) is -0.0801. The fourth-order valence-electron chi connectivity index (χ4n) is 2.59. The second kappa shape index (κ2) is 10.3. The van der Waals surface area contributed by atoms with Crippen LogP contribution in [0.15, 0.2) is 48.5 Å². The van der Waals surface area contributed by atoms with Crippen molar-refractivity contribution in [2.45, 2.75) is 26.3 Å². The maximum Gasteiger partial charge on any atom is 0.307 e. The summed E-state index contributed by atoms with van der Waals surface area (Å²) in [6, 6.07) is 13.3. The molecule has 2 aromatic carbocycles. The van der Waals surface area contributed by atoms with Crippen molar-refractivity contribution < 1.29 is 23.5 Å². The van der Waals surface area contributed by atoms with Crippen LogP contribution in [0.4, 0.5) is 4.39 Å². The van der Waals surface area contributed by atoms with Crippen molar-refractivity contribution in [1.29, 1.82) is 0 Å². The number of ether oxygens (including phenoxy) is 2. The lowest BCUT2D eigenvalue weighted by atomic mass is 10.1. The molecule has 0 saturated carbocycles. The number of carbonyl (C=O) groups excluding carboxylic acids is 2. The molecule has 1 amide bonds. The first-order valence-electron chi connectivity index (χ1n) is 8.82. The third kappa shape index (κ3) is 6.73. The predicted octanol–water partition coefficient (Wildman–Crippen LogP) is 3.36. The predicted molar refractivity (Wildman–Crippen MR) is 99.8 cm³/mol. The molecule has 0 aliphatic carbocycles. The molecule has 2 aromatic rings. The van der Waals surface area contributed by atoms with Gasteiger partial charge in [-0.25, -0.2) is 4.39 Å². The van der Waals surface area contributed by atoms with Gasteiger partial charge in [0, 0.05) is 13.1 Å². The zero-order valence-electron chi connectivity index (χ0n) is 15.6. The van der Waals surface area contributed by atoms with Gasteiger partial charge in [-0.15, -0.1) is 0 Å². The lowest BCUT2D eigenvalue weighted by molar-refractivity contribution is -0.141. The number of nitrogens with zero attached hydrogens (tertiary/aromatic N) is 1. The molecule has 0 radical (unpaired) electrons. The maximum atomic E-state index is 13.1. The normalized spacial score (nSPS) is 10.3. The molecule has 0 heterocycles. The summed E-state index contributed by atoms with van der Waals surface area (Å²) in [6.45, 7) is 3.02. The molecule has 0 atom stereocenters. The molecule has 6 heteroatoms. The van der Waals surface area contributed by atoms with E-state index in [9.17, 15) is 14.0 Å². The first-order chi connectivity index (χ1) is 13.0. The Kier molecular flexibility index (Phi) is 7.79. The van der Waals surface area contributed by atoms with Crippen molar-refractivity contribution in [2.24, 2.45) is 0 Å². The molecule has 0 N–H and O–H groups in total. The van der Waals surface area contributed by atoms with Crippen molar-refractivity contribution in [1.82, 2.24) is 4.90 Å². The van der Waals surface area contributed by atoms with Crippen molar-refractivity contribution in [3.63, 3.8) is 0 Å². The largest absolute Gasteiger partial charge is 0.494 e. The third-order valence-electron chi connectivity index (χ3n) is 4.04. The summed E-state index contributed by atoms with van der Waals surface area (Å²) in [5.41, 5.74) is 1.65. The van der Waals surface area contributed by atoms with E-state index in [0.717, 1.165) is 16.9 Å². The first kappa shape index (κ1) is 20.4. The van der Waals surface area contributed by atoms with Crippen LogP contribution in [0.5, 0.6) is 5.75 Å². The van der Waals surface area contributed by atoms with E-state index in [1.807, 2.05) is 31.2 Å². The van der Waals surface area contributed by atoms with Crippen LogP contribution in [0.1, 0.15) is 24.5 Å². The molecule has 0 unspecified atom stereocenters. The minimum Gasteiger partial charge on any atom is -0.494 e. The van der Waals surface area contributed by atoms with Gasteiger partial charge in [0.25, 0.3) is 0 Å². The molecule has 2 rings (SSSR count). The number of amides is 1. The molecule has 0 bridgehead atoms. The van der Waals surface area contributed by atoms with Crippen LogP contribution in [-0.4, -0.2) is 37.0 Å².